The van der Waals surface area contributed by atoms with E-state index in [9.17, 15) is 4.79 Å². The van der Waals surface area contributed by atoms with E-state index in [0.29, 0.717) is 6.04 Å². The van der Waals surface area contributed by atoms with E-state index in [1.165, 1.54) is 47.2 Å². The molecule has 4 nitrogen and oxygen atoms in total. The van der Waals surface area contributed by atoms with Gasteiger partial charge >= 0.3 is 0 Å². The Bertz CT molecular complexity index is 806. The van der Waals surface area contributed by atoms with Crippen LogP contribution in [0.5, 0.6) is 0 Å². The lowest BCUT2D eigenvalue weighted by molar-refractivity contribution is -0.134. The Hall–Kier alpha value is -2.07. The standard InChI is InChI=1S/C26H39N3O/c1-6-10-11-15-27-23-14-12-13-21-22-16-20(26(30)29(8-3)9-4)18-28(5)24(22)17-19(7-2)25(21)23/h7,12-14,16,20,24,27H,6,8-11,15,17-18H2,1-5H3/b19-7-/t20-,24-/m1/s1. The zero-order valence-electron chi connectivity index (χ0n) is 19.5. The van der Waals surface area contributed by atoms with Gasteiger partial charge in [0.2, 0.25) is 5.91 Å². The van der Waals surface area contributed by atoms with Crippen LogP contribution in [-0.4, -0.2) is 55.0 Å². The second-order valence-corrected chi connectivity index (χ2v) is 8.57. The zero-order valence-corrected chi connectivity index (χ0v) is 19.5. The number of carbonyl (C=O) groups excluding carboxylic acids is 1. The minimum atomic E-state index is -0.0673. The molecule has 1 N–H and O–H groups in total. The van der Waals surface area contributed by atoms with Crippen LogP contribution in [0.25, 0.3) is 11.1 Å². The summed E-state index contributed by atoms with van der Waals surface area (Å²) in [6.07, 6.45) is 9.24. The molecule has 0 aromatic heterocycles. The summed E-state index contributed by atoms with van der Waals surface area (Å²) in [4.78, 5) is 17.5. The molecule has 3 rings (SSSR count). The molecule has 1 aliphatic heterocycles. The average Bonchev–Trinajstić information content (AvgIpc) is 2.77. The maximum absolute atomic E-state index is 13.1. The molecule has 30 heavy (non-hydrogen) atoms. The van der Waals surface area contributed by atoms with Gasteiger partial charge in [-0.3, -0.25) is 9.69 Å². The zero-order chi connectivity index (χ0) is 21.7. The van der Waals surface area contributed by atoms with E-state index in [0.717, 1.165) is 32.6 Å². The van der Waals surface area contributed by atoms with Crippen molar-refractivity contribution in [2.75, 3.05) is 38.5 Å². The van der Waals surface area contributed by atoms with Crippen LogP contribution in [0, 0.1) is 5.92 Å². The molecule has 2 atom stereocenters. The molecule has 1 heterocycles. The molecule has 1 aromatic rings. The van der Waals surface area contributed by atoms with Crippen molar-refractivity contribution in [1.29, 1.82) is 0 Å². The Balaban J connectivity index is 1.99. The minimum absolute atomic E-state index is 0.0673. The van der Waals surface area contributed by atoms with E-state index in [-0.39, 0.29) is 11.8 Å². The minimum Gasteiger partial charge on any atom is -0.385 e. The fourth-order valence-electron chi connectivity index (χ4n) is 4.97. The number of benzene rings is 1. The molecule has 1 aliphatic carbocycles. The third-order valence-corrected chi connectivity index (χ3v) is 6.70. The van der Waals surface area contributed by atoms with Gasteiger partial charge in [-0.1, -0.05) is 44.1 Å². The smallest absolute Gasteiger partial charge is 0.230 e. The number of carbonyl (C=O) groups is 1. The number of fused-ring (bicyclic) bond motifs is 3. The number of hydrogen-bond acceptors (Lipinski definition) is 3. The predicted molar refractivity (Wildman–Crippen MR) is 129 cm³/mol. The first-order chi connectivity index (χ1) is 14.5. The number of anilines is 1. The second-order valence-electron chi connectivity index (χ2n) is 8.57. The third-order valence-electron chi connectivity index (χ3n) is 6.70. The van der Waals surface area contributed by atoms with Crippen molar-refractivity contribution in [3.63, 3.8) is 0 Å². The Labute approximate surface area is 183 Å². The van der Waals surface area contributed by atoms with Crippen molar-refractivity contribution in [3.8, 4) is 0 Å². The molecule has 0 spiro atoms. The highest BCUT2D eigenvalue weighted by atomic mass is 16.2. The first-order valence-electron chi connectivity index (χ1n) is 11.8. The first-order valence-corrected chi connectivity index (χ1v) is 11.8. The number of hydrogen-bond donors (Lipinski definition) is 1. The van der Waals surface area contributed by atoms with Gasteiger partial charge < -0.3 is 10.2 Å². The van der Waals surface area contributed by atoms with E-state index in [4.69, 9.17) is 0 Å². The van der Waals surface area contributed by atoms with Crippen LogP contribution in [0.4, 0.5) is 5.69 Å². The Morgan fingerprint density at radius 3 is 2.67 bits per heavy atom. The lowest BCUT2D eigenvalue weighted by Gasteiger charge is -2.42. The van der Waals surface area contributed by atoms with Gasteiger partial charge in [0.05, 0.1) is 5.92 Å². The van der Waals surface area contributed by atoms with Crippen LogP contribution in [0.2, 0.25) is 0 Å². The highest BCUT2D eigenvalue weighted by Gasteiger charge is 2.37. The normalized spacial score (nSPS) is 22.3. The molecule has 1 aromatic carbocycles. The van der Waals surface area contributed by atoms with Gasteiger partial charge in [0.1, 0.15) is 0 Å². The summed E-state index contributed by atoms with van der Waals surface area (Å²) in [5.74, 6) is 0.187. The number of rotatable bonds is 8. The number of likely N-dealkylation sites (N-methyl/N-ethyl adjacent to an activating group) is 1. The fourth-order valence-corrected chi connectivity index (χ4v) is 4.97. The van der Waals surface area contributed by atoms with Crippen molar-refractivity contribution in [3.05, 3.63) is 41.5 Å². The van der Waals surface area contributed by atoms with E-state index in [2.05, 4.69) is 75.3 Å². The number of nitrogens with zero attached hydrogens (tertiary/aromatic N) is 2. The van der Waals surface area contributed by atoms with Crippen LogP contribution in [0.1, 0.15) is 64.5 Å². The molecule has 0 radical (unpaired) electrons. The highest BCUT2D eigenvalue weighted by molar-refractivity contribution is 5.94. The SMILES string of the molecule is C/C=C1/C[C@@H]2C(=C[C@@H](C(=O)N(CC)CC)CN2C)c2cccc(NCCCCC)c21. The number of allylic oxidation sites excluding steroid dienone is 1. The molecule has 0 unspecified atom stereocenters. The van der Waals surface area contributed by atoms with Crippen LogP contribution in [0.15, 0.2) is 30.4 Å². The van der Waals surface area contributed by atoms with Crippen molar-refractivity contribution in [1.82, 2.24) is 9.80 Å². The van der Waals surface area contributed by atoms with Gasteiger partial charge in [0, 0.05) is 43.5 Å². The highest BCUT2D eigenvalue weighted by Crippen LogP contribution is 2.45. The second kappa shape index (κ2) is 10.3. The van der Waals surface area contributed by atoms with Crippen LogP contribution in [-0.2, 0) is 4.79 Å². The van der Waals surface area contributed by atoms with E-state index in [1.54, 1.807) is 0 Å². The van der Waals surface area contributed by atoms with E-state index < -0.39 is 0 Å². The lowest BCUT2D eigenvalue weighted by Crippen LogP contribution is -2.47. The van der Waals surface area contributed by atoms with Crippen molar-refractivity contribution in [2.24, 2.45) is 5.92 Å². The van der Waals surface area contributed by atoms with Crippen molar-refractivity contribution in [2.45, 2.75) is 59.4 Å². The first kappa shape index (κ1) is 22.6. The molecule has 2 aliphatic rings. The summed E-state index contributed by atoms with van der Waals surface area (Å²) in [5.41, 5.74) is 6.60. The average molecular weight is 410 g/mol. The van der Waals surface area contributed by atoms with Crippen LogP contribution in [0.3, 0.4) is 0 Å². The van der Waals surface area contributed by atoms with Gasteiger partial charge in [-0.15, -0.1) is 0 Å². The van der Waals surface area contributed by atoms with Gasteiger partial charge in [-0.05, 0) is 63.4 Å². The Morgan fingerprint density at radius 1 is 1.23 bits per heavy atom. The lowest BCUT2D eigenvalue weighted by atomic mass is 9.76. The van der Waals surface area contributed by atoms with Crippen molar-refractivity contribution < 1.29 is 4.79 Å². The molecule has 164 valence electrons. The van der Waals surface area contributed by atoms with Gasteiger partial charge in [0.25, 0.3) is 0 Å². The summed E-state index contributed by atoms with van der Waals surface area (Å²) < 4.78 is 0. The summed E-state index contributed by atoms with van der Waals surface area (Å²) >= 11 is 0. The molecular weight excluding hydrogens is 370 g/mol. The molecule has 0 saturated carbocycles. The van der Waals surface area contributed by atoms with Crippen LogP contribution < -0.4 is 5.32 Å². The number of unbranched alkanes of at least 4 members (excludes halogenated alkanes) is 2. The number of nitrogens with one attached hydrogen (secondary N) is 1. The molecule has 0 bridgehead atoms. The summed E-state index contributed by atoms with van der Waals surface area (Å²) in [7, 11) is 2.17. The predicted octanol–water partition coefficient (Wildman–Crippen LogP) is 5.28. The van der Waals surface area contributed by atoms with Gasteiger partial charge in [-0.2, -0.15) is 0 Å². The van der Waals surface area contributed by atoms with Crippen molar-refractivity contribution >= 4 is 22.7 Å². The third kappa shape index (κ3) is 4.49. The van der Waals surface area contributed by atoms with Crippen LogP contribution >= 0.6 is 0 Å². The molecular formula is C26H39N3O. The topological polar surface area (TPSA) is 35.6 Å². The monoisotopic (exact) mass is 409 g/mol. The van der Waals surface area contributed by atoms with E-state index in [1.807, 2.05) is 4.90 Å². The largest absolute Gasteiger partial charge is 0.385 e. The maximum atomic E-state index is 13.1. The maximum Gasteiger partial charge on any atom is 0.230 e. The molecule has 1 amide bonds. The molecule has 4 heteroatoms. The van der Waals surface area contributed by atoms with Gasteiger partial charge in [-0.25, -0.2) is 0 Å². The quantitative estimate of drug-likeness (QED) is 0.594. The van der Waals surface area contributed by atoms with E-state index >= 15 is 0 Å². The summed E-state index contributed by atoms with van der Waals surface area (Å²) in [5, 5.41) is 3.69. The molecule has 0 saturated heterocycles. The molecule has 0 fully saturated rings. The Morgan fingerprint density at radius 2 is 2.00 bits per heavy atom. The summed E-state index contributed by atoms with van der Waals surface area (Å²) in [6.45, 7) is 11.9. The number of amides is 1. The fraction of sp³-hybridized carbons (Fsp3) is 0.577. The van der Waals surface area contributed by atoms with Gasteiger partial charge in [0.15, 0.2) is 0 Å². The summed E-state index contributed by atoms with van der Waals surface area (Å²) in [6, 6.07) is 6.96. The Kier molecular flexibility index (Phi) is 7.76.